The van der Waals surface area contributed by atoms with Crippen molar-refractivity contribution in [1.82, 2.24) is 5.32 Å². The average Bonchev–Trinajstić information content (AvgIpc) is 2.94. The minimum atomic E-state index is -0.336. The van der Waals surface area contributed by atoms with Crippen LogP contribution in [0.4, 0.5) is 0 Å². The SMILES string of the molecule is COC1(CNC(=O)c2cc(C)ccc2C)Cc2ccccc2C1. The zero-order chi connectivity index (χ0) is 16.4. The van der Waals surface area contributed by atoms with Crippen LogP contribution in [-0.2, 0) is 17.6 Å². The molecule has 0 aromatic heterocycles. The van der Waals surface area contributed by atoms with Crippen molar-refractivity contribution in [2.75, 3.05) is 13.7 Å². The Balaban J connectivity index is 1.72. The van der Waals surface area contributed by atoms with E-state index in [0.29, 0.717) is 6.54 Å². The van der Waals surface area contributed by atoms with Crippen molar-refractivity contribution in [1.29, 1.82) is 0 Å². The Labute approximate surface area is 137 Å². The Bertz CT molecular complexity index is 711. The molecule has 1 aliphatic rings. The molecule has 1 amide bonds. The summed E-state index contributed by atoms with van der Waals surface area (Å²) in [6.07, 6.45) is 1.68. The second-order valence-corrected chi connectivity index (χ2v) is 6.51. The summed E-state index contributed by atoms with van der Waals surface area (Å²) in [7, 11) is 1.73. The van der Waals surface area contributed by atoms with Crippen LogP contribution in [-0.4, -0.2) is 25.2 Å². The van der Waals surface area contributed by atoms with Crippen molar-refractivity contribution in [2.45, 2.75) is 32.3 Å². The van der Waals surface area contributed by atoms with Crippen LogP contribution in [0.5, 0.6) is 0 Å². The van der Waals surface area contributed by atoms with Crippen molar-refractivity contribution in [2.24, 2.45) is 0 Å². The number of carbonyl (C=O) groups excluding carboxylic acids is 1. The molecule has 0 unspecified atom stereocenters. The summed E-state index contributed by atoms with van der Waals surface area (Å²) in [5, 5.41) is 3.07. The van der Waals surface area contributed by atoms with E-state index in [9.17, 15) is 4.79 Å². The first-order valence-electron chi connectivity index (χ1n) is 8.00. The molecule has 0 saturated carbocycles. The molecule has 0 fully saturated rings. The van der Waals surface area contributed by atoms with E-state index in [2.05, 4.69) is 29.6 Å². The van der Waals surface area contributed by atoms with Crippen molar-refractivity contribution in [3.05, 3.63) is 70.3 Å². The molecule has 1 N–H and O–H groups in total. The van der Waals surface area contributed by atoms with Crippen LogP contribution in [0.25, 0.3) is 0 Å². The van der Waals surface area contributed by atoms with Crippen LogP contribution in [0.15, 0.2) is 42.5 Å². The summed E-state index contributed by atoms with van der Waals surface area (Å²) in [6, 6.07) is 14.3. The molecule has 23 heavy (non-hydrogen) atoms. The largest absolute Gasteiger partial charge is 0.376 e. The molecule has 3 heteroatoms. The Hall–Kier alpha value is -2.13. The van der Waals surface area contributed by atoms with E-state index in [1.165, 1.54) is 11.1 Å². The summed E-state index contributed by atoms with van der Waals surface area (Å²) < 4.78 is 5.81. The van der Waals surface area contributed by atoms with Gasteiger partial charge in [0.15, 0.2) is 0 Å². The van der Waals surface area contributed by atoms with Gasteiger partial charge in [-0.05, 0) is 36.6 Å². The lowest BCUT2D eigenvalue weighted by Crippen LogP contribution is -2.45. The van der Waals surface area contributed by atoms with Gasteiger partial charge in [-0.15, -0.1) is 0 Å². The summed E-state index contributed by atoms with van der Waals surface area (Å²) in [5.74, 6) is -0.0291. The second-order valence-electron chi connectivity index (χ2n) is 6.51. The molecule has 0 heterocycles. The molecule has 0 saturated heterocycles. The Morgan fingerprint density at radius 2 is 1.78 bits per heavy atom. The van der Waals surface area contributed by atoms with Crippen LogP contribution < -0.4 is 5.32 Å². The van der Waals surface area contributed by atoms with Crippen LogP contribution in [0, 0.1) is 13.8 Å². The number of nitrogens with one attached hydrogen (secondary N) is 1. The lowest BCUT2D eigenvalue weighted by molar-refractivity contribution is 0.000170. The first-order valence-corrected chi connectivity index (χ1v) is 8.00. The number of benzene rings is 2. The number of fused-ring (bicyclic) bond motifs is 1. The predicted molar refractivity (Wildman–Crippen MR) is 91.8 cm³/mol. The third-order valence-electron chi connectivity index (χ3n) is 4.79. The highest BCUT2D eigenvalue weighted by Gasteiger charge is 2.37. The van der Waals surface area contributed by atoms with E-state index in [4.69, 9.17) is 4.74 Å². The van der Waals surface area contributed by atoms with Crippen LogP contribution >= 0.6 is 0 Å². The molecule has 0 aliphatic heterocycles. The zero-order valence-corrected chi connectivity index (χ0v) is 14.0. The molecular weight excluding hydrogens is 286 g/mol. The normalized spacial score (nSPS) is 15.3. The molecule has 0 radical (unpaired) electrons. The van der Waals surface area contributed by atoms with Crippen molar-refractivity contribution < 1.29 is 9.53 Å². The lowest BCUT2D eigenvalue weighted by atomic mass is 9.99. The van der Waals surface area contributed by atoms with Gasteiger partial charge in [-0.3, -0.25) is 4.79 Å². The molecule has 1 aliphatic carbocycles. The van der Waals surface area contributed by atoms with Gasteiger partial charge in [0, 0.05) is 32.1 Å². The van der Waals surface area contributed by atoms with Crippen molar-refractivity contribution in [3.8, 4) is 0 Å². The maximum Gasteiger partial charge on any atom is 0.251 e. The lowest BCUT2D eigenvalue weighted by Gasteiger charge is -2.28. The zero-order valence-electron chi connectivity index (χ0n) is 14.0. The fraction of sp³-hybridized carbons (Fsp3) is 0.350. The third kappa shape index (κ3) is 3.15. The summed E-state index contributed by atoms with van der Waals surface area (Å²) in [4.78, 5) is 12.5. The van der Waals surface area contributed by atoms with Crippen LogP contribution in [0.2, 0.25) is 0 Å². The molecule has 3 rings (SSSR count). The smallest absolute Gasteiger partial charge is 0.251 e. The average molecular weight is 309 g/mol. The van der Waals surface area contributed by atoms with Gasteiger partial charge in [-0.1, -0.05) is 42.0 Å². The maximum absolute atomic E-state index is 12.5. The number of aryl methyl sites for hydroxylation is 2. The third-order valence-corrected chi connectivity index (χ3v) is 4.79. The highest BCUT2D eigenvalue weighted by Crippen LogP contribution is 2.32. The monoisotopic (exact) mass is 309 g/mol. The summed E-state index contributed by atoms with van der Waals surface area (Å²) in [5.41, 5.74) is 5.12. The fourth-order valence-electron chi connectivity index (χ4n) is 3.32. The number of hydrogen-bond donors (Lipinski definition) is 1. The second kappa shape index (κ2) is 6.17. The van der Waals surface area contributed by atoms with E-state index < -0.39 is 0 Å². The number of amides is 1. The van der Waals surface area contributed by atoms with E-state index in [1.807, 2.05) is 32.0 Å². The van der Waals surface area contributed by atoms with E-state index in [0.717, 1.165) is 29.5 Å². The number of hydrogen-bond acceptors (Lipinski definition) is 2. The first-order chi connectivity index (χ1) is 11.0. The Kier molecular flexibility index (Phi) is 4.22. The Morgan fingerprint density at radius 1 is 1.13 bits per heavy atom. The van der Waals surface area contributed by atoms with Gasteiger partial charge in [0.2, 0.25) is 0 Å². The van der Waals surface area contributed by atoms with Gasteiger partial charge in [0.05, 0.1) is 5.60 Å². The fourth-order valence-corrected chi connectivity index (χ4v) is 3.32. The van der Waals surface area contributed by atoms with Crippen molar-refractivity contribution in [3.63, 3.8) is 0 Å². The minimum Gasteiger partial charge on any atom is -0.376 e. The highest BCUT2D eigenvalue weighted by molar-refractivity contribution is 5.95. The predicted octanol–water partition coefficient (Wildman–Crippen LogP) is 3.22. The maximum atomic E-state index is 12.5. The Morgan fingerprint density at radius 3 is 2.39 bits per heavy atom. The van der Waals surface area contributed by atoms with Crippen LogP contribution in [0.1, 0.15) is 32.6 Å². The van der Waals surface area contributed by atoms with E-state index in [1.54, 1.807) is 7.11 Å². The van der Waals surface area contributed by atoms with Gasteiger partial charge in [-0.2, -0.15) is 0 Å². The van der Waals surface area contributed by atoms with Gasteiger partial charge in [0.1, 0.15) is 0 Å². The quantitative estimate of drug-likeness (QED) is 0.942. The number of rotatable bonds is 4. The first kappa shape index (κ1) is 15.8. The summed E-state index contributed by atoms with van der Waals surface area (Å²) >= 11 is 0. The van der Waals surface area contributed by atoms with Crippen molar-refractivity contribution >= 4 is 5.91 Å². The molecule has 0 bridgehead atoms. The number of ether oxygens (including phenoxy) is 1. The number of carbonyl (C=O) groups is 1. The molecule has 0 spiro atoms. The van der Waals surface area contributed by atoms with E-state index in [-0.39, 0.29) is 11.5 Å². The van der Waals surface area contributed by atoms with E-state index >= 15 is 0 Å². The van der Waals surface area contributed by atoms with Gasteiger partial charge in [-0.25, -0.2) is 0 Å². The van der Waals surface area contributed by atoms with Gasteiger partial charge < -0.3 is 10.1 Å². The molecule has 2 aromatic rings. The van der Waals surface area contributed by atoms with Gasteiger partial charge in [0.25, 0.3) is 5.91 Å². The molecule has 0 atom stereocenters. The number of methoxy groups -OCH3 is 1. The topological polar surface area (TPSA) is 38.3 Å². The summed E-state index contributed by atoms with van der Waals surface area (Å²) in [6.45, 7) is 4.48. The molecule has 3 nitrogen and oxygen atoms in total. The molecule has 2 aromatic carbocycles. The molecule has 120 valence electrons. The molecular formula is C20H23NO2. The van der Waals surface area contributed by atoms with Gasteiger partial charge >= 0.3 is 0 Å². The van der Waals surface area contributed by atoms with Crippen LogP contribution in [0.3, 0.4) is 0 Å². The minimum absolute atomic E-state index is 0.0291. The highest BCUT2D eigenvalue weighted by atomic mass is 16.5. The standard InChI is InChI=1S/C20H23NO2/c1-14-8-9-15(2)18(10-14)19(22)21-13-20(23-3)11-16-6-4-5-7-17(16)12-20/h4-10H,11-13H2,1-3H3,(H,21,22).